The summed E-state index contributed by atoms with van der Waals surface area (Å²) < 4.78 is 4.54. The third-order valence-electron chi connectivity index (χ3n) is 0.941. The lowest BCUT2D eigenvalue weighted by Gasteiger charge is -1.95. The summed E-state index contributed by atoms with van der Waals surface area (Å²) in [6.45, 7) is 0. The van der Waals surface area contributed by atoms with E-state index in [9.17, 15) is 4.79 Å². The molecule has 66 valence electrons. The van der Waals surface area contributed by atoms with Gasteiger partial charge in [-0.15, -0.1) is 0 Å². The SMILES string of the molecule is CO.O=C(Cl)Oc1ccccc1. The number of hydrogen-bond acceptors (Lipinski definition) is 3. The Balaban J connectivity index is 0.000000561. The Morgan fingerprint density at radius 2 is 1.83 bits per heavy atom. The highest BCUT2D eigenvalue weighted by Gasteiger charge is 1.95. The summed E-state index contributed by atoms with van der Waals surface area (Å²) in [6, 6.07) is 8.65. The summed E-state index contributed by atoms with van der Waals surface area (Å²) in [7, 11) is 1.00. The Hall–Kier alpha value is -1.06. The summed E-state index contributed by atoms with van der Waals surface area (Å²) in [5.41, 5.74) is -0.814. The van der Waals surface area contributed by atoms with Gasteiger partial charge in [-0.2, -0.15) is 0 Å². The monoisotopic (exact) mass is 188 g/mol. The first-order valence-electron chi connectivity index (χ1n) is 3.16. The summed E-state index contributed by atoms with van der Waals surface area (Å²) in [5.74, 6) is 0.461. The van der Waals surface area contributed by atoms with Gasteiger partial charge in [-0.1, -0.05) is 18.2 Å². The van der Waals surface area contributed by atoms with Crippen molar-refractivity contribution < 1.29 is 14.6 Å². The summed E-state index contributed by atoms with van der Waals surface area (Å²) in [6.07, 6.45) is 0. The molecule has 0 aliphatic heterocycles. The molecule has 0 fully saturated rings. The largest absolute Gasteiger partial charge is 0.415 e. The van der Waals surface area contributed by atoms with Gasteiger partial charge in [0.15, 0.2) is 0 Å². The highest BCUT2D eigenvalue weighted by Crippen LogP contribution is 2.09. The van der Waals surface area contributed by atoms with Crippen molar-refractivity contribution in [1.29, 1.82) is 0 Å². The minimum atomic E-state index is -0.814. The maximum atomic E-state index is 10.2. The van der Waals surface area contributed by atoms with Gasteiger partial charge in [0.1, 0.15) is 5.75 Å². The minimum Gasteiger partial charge on any atom is -0.415 e. The van der Waals surface area contributed by atoms with Gasteiger partial charge < -0.3 is 9.84 Å². The van der Waals surface area contributed by atoms with Crippen LogP contribution in [0.5, 0.6) is 5.75 Å². The Labute approximate surface area is 75.5 Å². The van der Waals surface area contributed by atoms with Gasteiger partial charge in [0.2, 0.25) is 0 Å². The van der Waals surface area contributed by atoms with E-state index in [1.165, 1.54) is 0 Å². The van der Waals surface area contributed by atoms with E-state index in [1.54, 1.807) is 24.3 Å². The van der Waals surface area contributed by atoms with Gasteiger partial charge in [-0.05, 0) is 12.1 Å². The van der Waals surface area contributed by atoms with Crippen LogP contribution < -0.4 is 4.74 Å². The zero-order valence-corrected chi connectivity index (χ0v) is 7.28. The van der Waals surface area contributed by atoms with Crippen molar-refractivity contribution in [3.8, 4) is 5.75 Å². The first-order chi connectivity index (χ1) is 5.79. The number of carbonyl (C=O) groups is 1. The van der Waals surface area contributed by atoms with Crippen LogP contribution in [-0.4, -0.2) is 17.6 Å². The van der Waals surface area contributed by atoms with E-state index in [0.29, 0.717) is 5.75 Å². The van der Waals surface area contributed by atoms with Crippen molar-refractivity contribution in [2.45, 2.75) is 0 Å². The third-order valence-corrected chi connectivity index (χ3v) is 1.02. The third kappa shape index (κ3) is 4.71. The Morgan fingerprint density at radius 3 is 2.25 bits per heavy atom. The van der Waals surface area contributed by atoms with E-state index in [0.717, 1.165) is 7.11 Å². The van der Waals surface area contributed by atoms with Gasteiger partial charge in [0.05, 0.1) is 0 Å². The average Bonchev–Trinajstić information content (AvgIpc) is 2.08. The molecule has 4 heteroatoms. The standard InChI is InChI=1S/C7H5ClO2.CH4O/c8-7(9)10-6-4-2-1-3-5-6;1-2/h1-5H;2H,1H3. The lowest BCUT2D eigenvalue weighted by molar-refractivity contribution is 0.225. The van der Waals surface area contributed by atoms with Crippen LogP contribution in [0.3, 0.4) is 0 Å². The van der Waals surface area contributed by atoms with Crippen LogP contribution in [0.15, 0.2) is 30.3 Å². The number of benzene rings is 1. The fraction of sp³-hybridized carbons (Fsp3) is 0.125. The van der Waals surface area contributed by atoms with Gasteiger partial charge in [-0.25, -0.2) is 4.79 Å². The molecule has 3 nitrogen and oxygen atoms in total. The number of para-hydroxylation sites is 1. The molecule has 0 spiro atoms. The first kappa shape index (κ1) is 10.9. The van der Waals surface area contributed by atoms with E-state index in [2.05, 4.69) is 4.74 Å². The molecule has 1 aromatic carbocycles. The topological polar surface area (TPSA) is 46.5 Å². The molecule has 0 heterocycles. The van der Waals surface area contributed by atoms with Crippen molar-refractivity contribution in [2.75, 3.05) is 7.11 Å². The van der Waals surface area contributed by atoms with Crippen LogP contribution in [-0.2, 0) is 0 Å². The Morgan fingerprint density at radius 1 is 1.33 bits per heavy atom. The van der Waals surface area contributed by atoms with Gasteiger partial charge in [-0.3, -0.25) is 0 Å². The highest BCUT2D eigenvalue weighted by atomic mass is 35.5. The van der Waals surface area contributed by atoms with Gasteiger partial charge in [0, 0.05) is 18.7 Å². The van der Waals surface area contributed by atoms with E-state index in [-0.39, 0.29) is 0 Å². The smallest absolute Gasteiger partial charge is 0.409 e. The average molecular weight is 189 g/mol. The number of aliphatic hydroxyl groups excluding tert-OH is 1. The molecule has 0 saturated carbocycles. The van der Waals surface area contributed by atoms with Crippen LogP contribution >= 0.6 is 11.6 Å². The second-order valence-electron chi connectivity index (χ2n) is 1.65. The molecular formula is C8H9ClO3. The van der Waals surface area contributed by atoms with Crippen LogP contribution in [0.1, 0.15) is 0 Å². The predicted molar refractivity (Wildman–Crippen MR) is 46.5 cm³/mol. The van der Waals surface area contributed by atoms with Crippen molar-refractivity contribution >= 4 is 17.0 Å². The summed E-state index contributed by atoms with van der Waals surface area (Å²) >= 11 is 4.95. The summed E-state index contributed by atoms with van der Waals surface area (Å²) in [5, 5.41) is 7.00. The van der Waals surface area contributed by atoms with Crippen LogP contribution in [0.2, 0.25) is 0 Å². The lowest BCUT2D eigenvalue weighted by atomic mass is 10.3. The molecule has 0 saturated heterocycles. The fourth-order valence-electron chi connectivity index (χ4n) is 0.581. The maximum absolute atomic E-state index is 10.2. The fourth-order valence-corrected chi connectivity index (χ4v) is 0.670. The number of ether oxygens (including phenoxy) is 1. The normalized spacial score (nSPS) is 7.92. The number of rotatable bonds is 1. The molecule has 1 N–H and O–H groups in total. The first-order valence-corrected chi connectivity index (χ1v) is 3.54. The molecule has 12 heavy (non-hydrogen) atoms. The molecule has 1 aromatic rings. The van der Waals surface area contributed by atoms with E-state index in [1.807, 2.05) is 6.07 Å². The van der Waals surface area contributed by atoms with Gasteiger partial charge in [0.25, 0.3) is 0 Å². The predicted octanol–water partition coefficient (Wildman–Crippen LogP) is 2.03. The molecule has 0 bridgehead atoms. The van der Waals surface area contributed by atoms with Crippen LogP contribution in [0, 0.1) is 0 Å². The lowest BCUT2D eigenvalue weighted by Crippen LogP contribution is -1.94. The molecule has 0 aliphatic carbocycles. The second-order valence-corrected chi connectivity index (χ2v) is 1.96. The molecule has 0 amide bonds. The number of halogens is 1. The van der Waals surface area contributed by atoms with E-state index in [4.69, 9.17) is 16.7 Å². The second kappa shape index (κ2) is 6.64. The molecule has 0 unspecified atom stereocenters. The number of hydrogen-bond donors (Lipinski definition) is 1. The minimum absolute atomic E-state index is 0.461. The molecular weight excluding hydrogens is 180 g/mol. The molecule has 0 atom stereocenters. The van der Waals surface area contributed by atoms with Crippen LogP contribution in [0.25, 0.3) is 0 Å². The summed E-state index contributed by atoms with van der Waals surface area (Å²) in [4.78, 5) is 10.2. The zero-order valence-electron chi connectivity index (χ0n) is 6.53. The van der Waals surface area contributed by atoms with Crippen molar-refractivity contribution in [3.63, 3.8) is 0 Å². The van der Waals surface area contributed by atoms with Crippen molar-refractivity contribution in [3.05, 3.63) is 30.3 Å². The molecule has 1 rings (SSSR count). The highest BCUT2D eigenvalue weighted by molar-refractivity contribution is 6.61. The molecule has 0 radical (unpaired) electrons. The number of aliphatic hydroxyl groups is 1. The zero-order chi connectivity index (χ0) is 9.40. The van der Waals surface area contributed by atoms with E-state index < -0.39 is 5.43 Å². The Bertz CT molecular complexity index is 223. The number of carbonyl (C=O) groups excluding carboxylic acids is 1. The van der Waals surface area contributed by atoms with Crippen molar-refractivity contribution in [2.24, 2.45) is 0 Å². The Kier molecular flexibility index (Phi) is 6.05. The maximum Gasteiger partial charge on any atom is 0.409 e. The quantitative estimate of drug-likeness (QED) is 0.686. The van der Waals surface area contributed by atoms with Crippen molar-refractivity contribution in [1.82, 2.24) is 0 Å². The van der Waals surface area contributed by atoms with Gasteiger partial charge >= 0.3 is 5.43 Å². The van der Waals surface area contributed by atoms with Crippen LogP contribution in [0.4, 0.5) is 4.79 Å². The molecule has 0 aromatic heterocycles. The van der Waals surface area contributed by atoms with E-state index >= 15 is 0 Å². The molecule has 0 aliphatic rings.